The lowest BCUT2D eigenvalue weighted by molar-refractivity contribution is -0.212. The third-order valence-electron chi connectivity index (χ3n) is 5.56. The highest BCUT2D eigenvalue weighted by molar-refractivity contribution is 5.83. The van der Waals surface area contributed by atoms with Crippen LogP contribution in [-0.4, -0.2) is 37.9 Å². The molecule has 0 saturated carbocycles. The maximum atomic E-state index is 12.9. The van der Waals surface area contributed by atoms with Crippen LogP contribution >= 0.6 is 0 Å². The quantitative estimate of drug-likeness (QED) is 0.740. The molecule has 2 N–H and O–H groups in total. The number of nitrogens with zero attached hydrogens (tertiary/aromatic N) is 1. The molecular formula is C18H25NO6. The second kappa shape index (κ2) is 5.85. The fraction of sp³-hybridized carbons (Fsp3) is 0.667. The zero-order chi connectivity index (χ0) is 18.6. The molecule has 4 atom stereocenters. The molecule has 1 aromatic rings. The van der Waals surface area contributed by atoms with Gasteiger partial charge in [-0.15, -0.1) is 0 Å². The third kappa shape index (κ3) is 2.66. The van der Waals surface area contributed by atoms with Crippen molar-refractivity contribution in [2.24, 2.45) is 11.8 Å². The van der Waals surface area contributed by atoms with Gasteiger partial charge in [0.2, 0.25) is 0 Å². The number of aliphatic hydroxyl groups is 2. The molecule has 0 aliphatic carbocycles. The standard InChI is InChI=1S/C18H25NO6/c1-10(2)13-15(20)25-12-6-8-19-7-5-11(14(12)19)9-24-16(21)18(4,23)17(13,3)22/h5,7,10,12-13,22-23H,6,8-9H2,1-4H3/t12-,13-,17+,18+/m1/s1. The molecular weight excluding hydrogens is 326 g/mol. The van der Waals surface area contributed by atoms with E-state index in [4.69, 9.17) is 9.47 Å². The molecule has 0 aromatic carbocycles. The number of rotatable bonds is 1. The Morgan fingerprint density at radius 3 is 2.60 bits per heavy atom. The molecule has 7 nitrogen and oxygen atoms in total. The summed E-state index contributed by atoms with van der Waals surface area (Å²) in [6.45, 7) is 6.59. The summed E-state index contributed by atoms with van der Waals surface area (Å²) in [7, 11) is 0. The number of ether oxygens (including phenoxy) is 2. The number of aromatic nitrogens is 1. The van der Waals surface area contributed by atoms with E-state index in [1.165, 1.54) is 13.8 Å². The first kappa shape index (κ1) is 17.9. The second-order valence-electron chi connectivity index (χ2n) is 7.65. The summed E-state index contributed by atoms with van der Waals surface area (Å²) in [6.07, 6.45) is 2.05. The average Bonchev–Trinajstić information content (AvgIpc) is 3.06. The van der Waals surface area contributed by atoms with Crippen molar-refractivity contribution >= 4 is 11.9 Å². The van der Waals surface area contributed by atoms with Crippen LogP contribution < -0.4 is 0 Å². The molecule has 0 spiro atoms. The van der Waals surface area contributed by atoms with E-state index in [-0.39, 0.29) is 12.5 Å². The normalized spacial score (nSPS) is 35.8. The number of hydrogen-bond acceptors (Lipinski definition) is 6. The van der Waals surface area contributed by atoms with Crippen molar-refractivity contribution in [3.8, 4) is 0 Å². The van der Waals surface area contributed by atoms with Gasteiger partial charge in [0.1, 0.15) is 18.3 Å². The van der Waals surface area contributed by atoms with Crippen molar-refractivity contribution in [2.75, 3.05) is 0 Å². The van der Waals surface area contributed by atoms with Gasteiger partial charge in [-0.3, -0.25) is 4.79 Å². The van der Waals surface area contributed by atoms with E-state index in [0.717, 1.165) is 11.3 Å². The van der Waals surface area contributed by atoms with Gasteiger partial charge in [-0.2, -0.15) is 0 Å². The van der Waals surface area contributed by atoms with Crippen molar-refractivity contribution < 1.29 is 29.3 Å². The number of cyclic esters (lactones) is 1. The van der Waals surface area contributed by atoms with Crippen molar-refractivity contribution in [2.45, 2.75) is 64.6 Å². The molecule has 7 heteroatoms. The number of hydrogen-bond donors (Lipinski definition) is 2. The summed E-state index contributed by atoms with van der Waals surface area (Å²) < 4.78 is 13.0. The third-order valence-corrected chi connectivity index (χ3v) is 5.56. The molecule has 3 heterocycles. The summed E-state index contributed by atoms with van der Waals surface area (Å²) in [6, 6.07) is 1.81. The summed E-state index contributed by atoms with van der Waals surface area (Å²) in [5.41, 5.74) is -2.75. The highest BCUT2D eigenvalue weighted by Gasteiger charge is 2.58. The maximum absolute atomic E-state index is 12.9. The van der Waals surface area contributed by atoms with Gasteiger partial charge in [-0.05, 0) is 25.8 Å². The summed E-state index contributed by atoms with van der Waals surface area (Å²) in [5, 5.41) is 21.7. The minimum atomic E-state index is -2.26. The van der Waals surface area contributed by atoms with Crippen LogP contribution in [0.2, 0.25) is 0 Å². The van der Waals surface area contributed by atoms with Crippen LogP contribution in [0.1, 0.15) is 51.5 Å². The molecule has 2 aliphatic rings. The topological polar surface area (TPSA) is 98.0 Å². The molecule has 3 rings (SSSR count). The SMILES string of the molecule is CC(C)[C@@H]1C(=O)O[C@@H]2CCn3ccc(c32)COC(=O)[C@](C)(O)[C@@]1(C)O. The fourth-order valence-corrected chi connectivity index (χ4v) is 3.90. The molecule has 0 bridgehead atoms. The zero-order valence-corrected chi connectivity index (χ0v) is 15.0. The Balaban J connectivity index is 2.08. The molecule has 0 saturated heterocycles. The van der Waals surface area contributed by atoms with E-state index >= 15 is 0 Å². The van der Waals surface area contributed by atoms with Crippen LogP contribution in [0.4, 0.5) is 0 Å². The highest BCUT2D eigenvalue weighted by atomic mass is 16.6. The molecule has 25 heavy (non-hydrogen) atoms. The van der Waals surface area contributed by atoms with Crippen molar-refractivity contribution in [1.82, 2.24) is 4.57 Å². The van der Waals surface area contributed by atoms with Crippen LogP contribution in [0.25, 0.3) is 0 Å². The predicted molar refractivity (Wildman–Crippen MR) is 87.3 cm³/mol. The predicted octanol–water partition coefficient (Wildman–Crippen LogP) is 1.31. The van der Waals surface area contributed by atoms with E-state index in [2.05, 4.69) is 0 Å². The van der Waals surface area contributed by atoms with E-state index in [1.807, 2.05) is 16.8 Å². The molecule has 0 radical (unpaired) electrons. The van der Waals surface area contributed by atoms with Gasteiger partial charge in [0.15, 0.2) is 5.60 Å². The Hall–Kier alpha value is -1.86. The van der Waals surface area contributed by atoms with Crippen LogP contribution in [0, 0.1) is 11.8 Å². The van der Waals surface area contributed by atoms with Crippen molar-refractivity contribution in [1.29, 1.82) is 0 Å². The largest absolute Gasteiger partial charge is 0.459 e. The van der Waals surface area contributed by atoms with Gasteiger partial charge < -0.3 is 24.3 Å². The first-order valence-corrected chi connectivity index (χ1v) is 8.57. The Labute approximate surface area is 146 Å². The van der Waals surface area contributed by atoms with Crippen LogP contribution in [-0.2, 0) is 32.2 Å². The van der Waals surface area contributed by atoms with Crippen molar-refractivity contribution in [3.63, 3.8) is 0 Å². The van der Waals surface area contributed by atoms with Crippen LogP contribution in [0.3, 0.4) is 0 Å². The van der Waals surface area contributed by atoms with Gasteiger partial charge in [-0.25, -0.2) is 4.79 Å². The van der Waals surface area contributed by atoms with Gasteiger partial charge in [0.05, 0.1) is 11.6 Å². The maximum Gasteiger partial charge on any atom is 0.341 e. The molecule has 1 aromatic heterocycles. The van der Waals surface area contributed by atoms with Gasteiger partial charge in [0, 0.05) is 24.7 Å². The Bertz CT molecular complexity index is 702. The van der Waals surface area contributed by atoms with Gasteiger partial charge >= 0.3 is 11.9 Å². The minimum Gasteiger partial charge on any atom is -0.459 e. The fourth-order valence-electron chi connectivity index (χ4n) is 3.90. The van der Waals surface area contributed by atoms with Crippen LogP contribution in [0.15, 0.2) is 12.3 Å². The highest BCUT2D eigenvalue weighted by Crippen LogP contribution is 2.40. The first-order valence-electron chi connectivity index (χ1n) is 8.57. The van der Waals surface area contributed by atoms with Gasteiger partial charge in [0.25, 0.3) is 0 Å². The molecule has 0 fully saturated rings. The lowest BCUT2D eigenvalue weighted by atomic mass is 9.71. The number of carbonyl (C=O) groups is 2. The lowest BCUT2D eigenvalue weighted by Crippen LogP contribution is -2.63. The first-order chi connectivity index (χ1) is 11.6. The van der Waals surface area contributed by atoms with E-state index in [0.29, 0.717) is 13.0 Å². The number of aryl methyl sites for hydroxylation is 1. The monoisotopic (exact) mass is 351 g/mol. The summed E-state index contributed by atoms with van der Waals surface area (Å²) >= 11 is 0. The average molecular weight is 351 g/mol. The Morgan fingerprint density at radius 2 is 1.96 bits per heavy atom. The lowest BCUT2D eigenvalue weighted by Gasteiger charge is -2.42. The molecule has 138 valence electrons. The summed E-state index contributed by atoms with van der Waals surface area (Å²) in [4.78, 5) is 25.3. The number of carbonyl (C=O) groups excluding carboxylic acids is 2. The van der Waals surface area contributed by atoms with E-state index in [1.54, 1.807) is 13.8 Å². The second-order valence-corrected chi connectivity index (χ2v) is 7.65. The Morgan fingerprint density at radius 1 is 1.28 bits per heavy atom. The van der Waals surface area contributed by atoms with E-state index < -0.39 is 35.2 Å². The van der Waals surface area contributed by atoms with Gasteiger partial charge in [-0.1, -0.05) is 13.8 Å². The molecule has 0 amide bonds. The molecule has 0 unspecified atom stereocenters. The van der Waals surface area contributed by atoms with Crippen LogP contribution in [0.5, 0.6) is 0 Å². The molecule has 2 aliphatic heterocycles. The van der Waals surface area contributed by atoms with Crippen molar-refractivity contribution in [3.05, 3.63) is 23.5 Å². The zero-order valence-electron chi connectivity index (χ0n) is 15.0. The number of esters is 2. The van der Waals surface area contributed by atoms with E-state index in [9.17, 15) is 19.8 Å². The minimum absolute atomic E-state index is 0.0478. The Kier molecular flexibility index (Phi) is 4.20. The smallest absolute Gasteiger partial charge is 0.341 e. The summed E-state index contributed by atoms with van der Waals surface area (Å²) in [5.74, 6) is -3.02.